The second-order valence-electron chi connectivity index (χ2n) is 8.25. The summed E-state index contributed by atoms with van der Waals surface area (Å²) < 4.78 is 1.76. The quantitative estimate of drug-likeness (QED) is 0.354. The van der Waals surface area contributed by atoms with Gasteiger partial charge < -0.3 is 10.6 Å². The van der Waals surface area contributed by atoms with Gasteiger partial charge in [-0.15, -0.1) is 0 Å². The Morgan fingerprint density at radius 1 is 0.857 bits per heavy atom. The maximum atomic E-state index is 12.9. The summed E-state index contributed by atoms with van der Waals surface area (Å²) in [5.41, 5.74) is 4.49. The van der Waals surface area contributed by atoms with Gasteiger partial charge >= 0.3 is 0 Å². The van der Waals surface area contributed by atoms with Crippen molar-refractivity contribution in [3.05, 3.63) is 96.4 Å². The first kappa shape index (κ1) is 23.9. The van der Waals surface area contributed by atoms with Gasteiger partial charge in [-0.2, -0.15) is 5.10 Å². The molecule has 0 aliphatic heterocycles. The molecule has 0 saturated carbocycles. The van der Waals surface area contributed by atoms with Crippen LogP contribution in [0.25, 0.3) is 16.8 Å². The first-order chi connectivity index (χ1) is 17.1. The fraction of sp³-hybridized carbons (Fsp3) is 0.214. The number of hydrogen-bond donors (Lipinski definition) is 2. The van der Waals surface area contributed by atoms with Crippen molar-refractivity contribution >= 4 is 17.6 Å². The van der Waals surface area contributed by atoms with Gasteiger partial charge in [0.25, 0.3) is 0 Å². The lowest BCUT2D eigenvalue weighted by atomic mass is 10.1. The third-order valence-corrected chi connectivity index (χ3v) is 5.62. The highest BCUT2D eigenvalue weighted by Crippen LogP contribution is 2.33. The molecular formula is C28H29N5O2. The summed E-state index contributed by atoms with van der Waals surface area (Å²) in [6.45, 7) is 2.46. The predicted molar refractivity (Wildman–Crippen MR) is 137 cm³/mol. The van der Waals surface area contributed by atoms with Crippen LogP contribution in [0.15, 0.2) is 85.1 Å². The summed E-state index contributed by atoms with van der Waals surface area (Å²) in [5, 5.41) is 10.7. The molecule has 7 nitrogen and oxygen atoms in total. The van der Waals surface area contributed by atoms with E-state index in [1.54, 1.807) is 10.9 Å². The van der Waals surface area contributed by atoms with E-state index < -0.39 is 0 Å². The lowest BCUT2D eigenvalue weighted by Gasteiger charge is -2.12. The molecule has 35 heavy (non-hydrogen) atoms. The summed E-state index contributed by atoms with van der Waals surface area (Å²) >= 11 is 0. The molecule has 0 unspecified atom stereocenters. The number of para-hydroxylation sites is 1. The molecule has 0 saturated heterocycles. The summed E-state index contributed by atoms with van der Waals surface area (Å²) in [6.07, 6.45) is 3.40. The summed E-state index contributed by atoms with van der Waals surface area (Å²) in [5.74, 6) is 0.411. The number of pyridine rings is 1. The number of carbonyl (C=O) groups is 2. The highest BCUT2D eigenvalue weighted by Gasteiger charge is 2.20. The van der Waals surface area contributed by atoms with E-state index in [0.29, 0.717) is 25.2 Å². The number of nitrogens with zero attached hydrogens (tertiary/aromatic N) is 3. The van der Waals surface area contributed by atoms with E-state index in [1.165, 1.54) is 0 Å². The van der Waals surface area contributed by atoms with Crippen LogP contribution in [-0.4, -0.2) is 33.1 Å². The van der Waals surface area contributed by atoms with E-state index in [2.05, 4.69) is 15.6 Å². The molecule has 2 heterocycles. The van der Waals surface area contributed by atoms with Gasteiger partial charge in [-0.1, -0.05) is 54.6 Å². The molecule has 2 aromatic heterocycles. The van der Waals surface area contributed by atoms with E-state index in [1.807, 2.05) is 85.8 Å². The van der Waals surface area contributed by atoms with Crippen LogP contribution in [-0.2, 0) is 16.0 Å². The van der Waals surface area contributed by atoms with Crippen LogP contribution in [0, 0.1) is 6.92 Å². The average Bonchev–Trinajstić information content (AvgIpc) is 3.21. The minimum absolute atomic E-state index is 0.0659. The van der Waals surface area contributed by atoms with Crippen molar-refractivity contribution in [2.45, 2.75) is 32.6 Å². The normalized spacial score (nSPS) is 10.7. The number of aryl methyl sites for hydroxylation is 1. The van der Waals surface area contributed by atoms with E-state index in [9.17, 15) is 9.59 Å². The molecule has 2 aromatic carbocycles. The lowest BCUT2D eigenvalue weighted by molar-refractivity contribution is -0.121. The summed E-state index contributed by atoms with van der Waals surface area (Å²) in [6, 6.07) is 25.3. The standard InChI is InChI=1S/C28H29N5O2/c1-21-27(22-11-4-2-5-12-22)28(33(32-21)24-14-6-3-7-15-24)31-26(35)17-10-16-25(34)30-20-18-23-13-8-9-19-29-23/h2-9,11-15,19H,10,16-18,20H2,1H3,(H,30,34)(H,31,35). The van der Waals surface area contributed by atoms with Crippen LogP contribution in [0.3, 0.4) is 0 Å². The minimum atomic E-state index is -0.152. The monoisotopic (exact) mass is 467 g/mol. The van der Waals surface area contributed by atoms with Crippen LogP contribution < -0.4 is 10.6 Å². The van der Waals surface area contributed by atoms with E-state index in [4.69, 9.17) is 5.10 Å². The van der Waals surface area contributed by atoms with Crippen molar-refractivity contribution in [2.75, 3.05) is 11.9 Å². The first-order valence-electron chi connectivity index (χ1n) is 11.8. The largest absolute Gasteiger partial charge is 0.356 e. The van der Waals surface area contributed by atoms with Gasteiger partial charge in [0.15, 0.2) is 0 Å². The zero-order chi connectivity index (χ0) is 24.5. The molecule has 4 aromatic rings. The molecule has 178 valence electrons. The van der Waals surface area contributed by atoms with Gasteiger partial charge in [0.2, 0.25) is 11.8 Å². The van der Waals surface area contributed by atoms with E-state index in [-0.39, 0.29) is 24.7 Å². The van der Waals surface area contributed by atoms with Crippen LogP contribution in [0.1, 0.15) is 30.7 Å². The molecule has 2 N–H and O–H groups in total. The SMILES string of the molecule is Cc1nn(-c2ccccc2)c(NC(=O)CCCC(=O)NCCc2ccccn2)c1-c1ccccc1. The topological polar surface area (TPSA) is 88.9 Å². The Balaban J connectivity index is 1.38. The van der Waals surface area contributed by atoms with Crippen molar-refractivity contribution < 1.29 is 9.59 Å². The van der Waals surface area contributed by atoms with Gasteiger partial charge in [-0.3, -0.25) is 14.6 Å². The Kier molecular flexibility index (Phi) is 8.01. The van der Waals surface area contributed by atoms with Gasteiger partial charge in [0.1, 0.15) is 5.82 Å². The third-order valence-electron chi connectivity index (χ3n) is 5.62. The fourth-order valence-corrected chi connectivity index (χ4v) is 3.92. The maximum absolute atomic E-state index is 12.9. The van der Waals surface area contributed by atoms with Crippen molar-refractivity contribution in [2.24, 2.45) is 0 Å². The Morgan fingerprint density at radius 3 is 2.26 bits per heavy atom. The molecule has 4 rings (SSSR count). The van der Waals surface area contributed by atoms with E-state index in [0.717, 1.165) is 28.2 Å². The van der Waals surface area contributed by atoms with E-state index >= 15 is 0 Å². The predicted octanol–water partition coefficient (Wildman–Crippen LogP) is 4.71. The van der Waals surface area contributed by atoms with Crippen molar-refractivity contribution in [1.29, 1.82) is 0 Å². The minimum Gasteiger partial charge on any atom is -0.356 e. The van der Waals surface area contributed by atoms with Gasteiger partial charge in [0.05, 0.1) is 11.4 Å². The Labute approximate surface area is 205 Å². The first-order valence-corrected chi connectivity index (χ1v) is 11.8. The van der Waals surface area contributed by atoms with Gasteiger partial charge in [0, 0.05) is 43.3 Å². The van der Waals surface area contributed by atoms with Crippen molar-refractivity contribution in [1.82, 2.24) is 20.1 Å². The molecule has 0 aliphatic rings. The molecule has 0 aliphatic carbocycles. The lowest BCUT2D eigenvalue weighted by Crippen LogP contribution is -2.26. The summed E-state index contributed by atoms with van der Waals surface area (Å²) in [7, 11) is 0. The number of hydrogen-bond acceptors (Lipinski definition) is 4. The number of aromatic nitrogens is 3. The second-order valence-corrected chi connectivity index (χ2v) is 8.25. The van der Waals surface area contributed by atoms with Crippen LogP contribution in [0.4, 0.5) is 5.82 Å². The molecule has 0 spiro atoms. The maximum Gasteiger partial charge on any atom is 0.225 e. The fourth-order valence-electron chi connectivity index (χ4n) is 3.92. The number of anilines is 1. The molecular weight excluding hydrogens is 438 g/mol. The van der Waals surface area contributed by atoms with Gasteiger partial charge in [-0.25, -0.2) is 4.68 Å². The Bertz CT molecular complexity index is 1250. The zero-order valence-corrected chi connectivity index (χ0v) is 19.8. The average molecular weight is 468 g/mol. The number of rotatable bonds is 10. The highest BCUT2D eigenvalue weighted by atomic mass is 16.2. The van der Waals surface area contributed by atoms with Crippen molar-refractivity contribution in [3.8, 4) is 16.8 Å². The second kappa shape index (κ2) is 11.7. The summed E-state index contributed by atoms with van der Waals surface area (Å²) in [4.78, 5) is 29.3. The number of benzene rings is 2. The third kappa shape index (κ3) is 6.41. The smallest absolute Gasteiger partial charge is 0.225 e. The molecule has 0 radical (unpaired) electrons. The highest BCUT2D eigenvalue weighted by molar-refractivity contribution is 5.95. The zero-order valence-electron chi connectivity index (χ0n) is 19.8. The number of amides is 2. The number of nitrogens with one attached hydrogen (secondary N) is 2. The molecule has 0 fully saturated rings. The van der Waals surface area contributed by atoms with Crippen LogP contribution in [0.5, 0.6) is 0 Å². The van der Waals surface area contributed by atoms with Crippen LogP contribution in [0.2, 0.25) is 0 Å². The Hall–Kier alpha value is -4.26. The van der Waals surface area contributed by atoms with Crippen molar-refractivity contribution in [3.63, 3.8) is 0 Å². The van der Waals surface area contributed by atoms with Gasteiger partial charge in [-0.05, 0) is 43.2 Å². The number of carbonyl (C=O) groups excluding carboxylic acids is 2. The van der Waals surface area contributed by atoms with Crippen LogP contribution >= 0.6 is 0 Å². The molecule has 0 bridgehead atoms. The Morgan fingerprint density at radius 2 is 1.54 bits per heavy atom. The molecule has 0 atom stereocenters. The molecule has 2 amide bonds. The molecule has 7 heteroatoms.